The molecular formula is C32H37N5O3. The van der Waals surface area contributed by atoms with Gasteiger partial charge in [-0.15, -0.1) is 0 Å². The Morgan fingerprint density at radius 3 is 2.48 bits per heavy atom. The number of nitrogens with zero attached hydrogens (tertiary/aromatic N) is 3. The highest BCUT2D eigenvalue weighted by molar-refractivity contribution is 5.93. The van der Waals surface area contributed by atoms with Crippen molar-refractivity contribution in [2.75, 3.05) is 0 Å². The summed E-state index contributed by atoms with van der Waals surface area (Å²) in [5.74, 6) is 3.08. The Morgan fingerprint density at radius 2 is 1.68 bits per heavy atom. The first kappa shape index (κ1) is 24.5. The molecule has 1 amide bonds. The molecule has 3 N–H and O–H groups in total. The largest absolute Gasteiger partial charge is 0.365 e. The van der Waals surface area contributed by atoms with Gasteiger partial charge < -0.3 is 15.3 Å². The van der Waals surface area contributed by atoms with Crippen molar-refractivity contribution in [2.24, 2.45) is 29.4 Å². The number of H-pyrrole nitrogens is 1. The molecule has 2 aromatic heterocycles. The quantitative estimate of drug-likeness (QED) is 0.515. The van der Waals surface area contributed by atoms with E-state index in [9.17, 15) is 14.4 Å². The number of nitrogens with two attached hydrogens (primary N) is 1. The Kier molecular flexibility index (Phi) is 5.60. The highest BCUT2D eigenvalue weighted by Gasteiger charge is 2.53. The summed E-state index contributed by atoms with van der Waals surface area (Å²) in [4.78, 5) is 48.5. The molecule has 0 spiro atoms. The summed E-state index contributed by atoms with van der Waals surface area (Å²) in [5.41, 5.74) is 6.75. The lowest BCUT2D eigenvalue weighted by Gasteiger charge is -2.54. The van der Waals surface area contributed by atoms with Crippen LogP contribution in [0, 0.1) is 23.7 Å². The normalized spacial score (nSPS) is 34.8. The molecule has 2 saturated heterocycles. The number of aromatic nitrogens is 3. The van der Waals surface area contributed by atoms with E-state index >= 15 is 0 Å². The van der Waals surface area contributed by atoms with Crippen molar-refractivity contribution >= 4 is 16.9 Å². The monoisotopic (exact) mass is 539 g/mol. The van der Waals surface area contributed by atoms with Gasteiger partial charge in [-0.05, 0) is 99.7 Å². The zero-order chi connectivity index (χ0) is 27.1. The summed E-state index contributed by atoms with van der Waals surface area (Å²) in [7, 11) is 0. The van der Waals surface area contributed by atoms with Crippen LogP contribution in [-0.4, -0.2) is 43.5 Å². The Morgan fingerprint density at radius 1 is 0.900 bits per heavy atom. The fourth-order valence-electron chi connectivity index (χ4n) is 9.73. The second-order valence-electron chi connectivity index (χ2n) is 13.3. The molecule has 40 heavy (non-hydrogen) atoms. The molecule has 2 unspecified atom stereocenters. The van der Waals surface area contributed by atoms with Gasteiger partial charge in [0, 0.05) is 35.9 Å². The highest BCUT2D eigenvalue weighted by atomic mass is 16.2. The molecule has 208 valence electrons. The van der Waals surface area contributed by atoms with Crippen LogP contribution in [0.25, 0.3) is 22.3 Å². The first-order valence-corrected chi connectivity index (χ1v) is 15.3. The van der Waals surface area contributed by atoms with Gasteiger partial charge >= 0.3 is 0 Å². The molecule has 8 nitrogen and oxygen atoms in total. The molecule has 8 heteroatoms. The van der Waals surface area contributed by atoms with Gasteiger partial charge in [0.25, 0.3) is 17.0 Å². The lowest BCUT2D eigenvalue weighted by atomic mass is 9.64. The lowest BCUT2D eigenvalue weighted by molar-refractivity contribution is -0.0437. The number of fused-ring (bicyclic) bond motifs is 4. The Labute approximate surface area is 233 Å². The van der Waals surface area contributed by atoms with Crippen molar-refractivity contribution in [3.8, 4) is 11.3 Å². The maximum atomic E-state index is 14.2. The van der Waals surface area contributed by atoms with Gasteiger partial charge in [0.1, 0.15) is 11.3 Å². The van der Waals surface area contributed by atoms with E-state index in [-0.39, 0.29) is 22.9 Å². The Bertz CT molecular complexity index is 1610. The number of carbonyl (C=O) groups excluding carboxylic acids is 1. The van der Waals surface area contributed by atoms with Crippen LogP contribution in [0.4, 0.5) is 0 Å². The van der Waals surface area contributed by atoms with Crippen molar-refractivity contribution in [2.45, 2.75) is 88.4 Å². The SMILES string of the molecule is NC(=O)c1cc(-c2nc3ccccc3n(C3C[C@H]4CCC[C@@H](C3)N4[C@@H]3C[C@@H]4CC5[C@@H](C4)C[C@H]5C3)c2=O)c[nH]c1=O. The topological polar surface area (TPSA) is 114 Å². The first-order valence-electron chi connectivity index (χ1n) is 15.3. The Balaban J connectivity index is 1.17. The van der Waals surface area contributed by atoms with Gasteiger partial charge in [0.2, 0.25) is 0 Å². The van der Waals surface area contributed by atoms with Crippen LogP contribution in [-0.2, 0) is 0 Å². The lowest BCUT2D eigenvalue weighted by Crippen LogP contribution is -2.58. The third kappa shape index (κ3) is 3.75. The number of amides is 1. The van der Waals surface area contributed by atoms with E-state index in [1.165, 1.54) is 63.6 Å². The molecule has 5 fully saturated rings. The number of benzene rings is 1. The van der Waals surface area contributed by atoms with Crippen LogP contribution in [0.15, 0.2) is 46.1 Å². The van der Waals surface area contributed by atoms with E-state index in [0.717, 1.165) is 47.5 Å². The minimum atomic E-state index is -0.825. The number of rotatable bonds is 4. The molecule has 4 bridgehead atoms. The zero-order valence-corrected chi connectivity index (χ0v) is 22.8. The second-order valence-corrected chi connectivity index (χ2v) is 13.3. The number of carbonyl (C=O) groups is 1. The molecular weight excluding hydrogens is 502 g/mol. The third-order valence-electron chi connectivity index (χ3n) is 11.3. The fraction of sp³-hybridized carbons (Fsp3) is 0.562. The number of para-hydroxylation sites is 2. The van der Waals surface area contributed by atoms with E-state index < -0.39 is 11.5 Å². The van der Waals surface area contributed by atoms with Crippen LogP contribution >= 0.6 is 0 Å². The minimum Gasteiger partial charge on any atom is -0.365 e. The molecule has 5 aliphatic rings. The number of aromatic amines is 1. The molecule has 3 saturated carbocycles. The summed E-state index contributed by atoms with van der Waals surface area (Å²) in [6, 6.07) is 11.0. The number of primary amides is 1. The van der Waals surface area contributed by atoms with Crippen molar-refractivity contribution in [3.05, 3.63) is 62.8 Å². The number of hydrogen-bond donors (Lipinski definition) is 2. The molecule has 2 aliphatic heterocycles. The third-order valence-corrected chi connectivity index (χ3v) is 11.3. The number of pyridine rings is 1. The van der Waals surface area contributed by atoms with Crippen LogP contribution in [0.2, 0.25) is 0 Å². The molecule has 8 atom stereocenters. The van der Waals surface area contributed by atoms with Gasteiger partial charge in [-0.25, -0.2) is 4.98 Å². The second kappa shape index (κ2) is 9.13. The van der Waals surface area contributed by atoms with E-state index in [1.54, 1.807) is 0 Å². The smallest absolute Gasteiger partial charge is 0.277 e. The first-order chi connectivity index (χ1) is 19.4. The van der Waals surface area contributed by atoms with E-state index in [0.29, 0.717) is 23.7 Å². The standard InChI is InChI=1S/C32H37N5O3/c33-30(38)26-13-20(16-34-31(26)39)29-32(40)37(28-7-2-1-6-27(28)35-29)24-14-21-4-3-5-22(15-24)36(21)23-9-17-8-18-11-19(12-23)25(18)10-17/h1-2,6-7,13,16-19,21-25H,3-5,8-12,14-15H2,(H2,33,38)(H,34,39)/t17-,18+,19+,21-,22+,23-,24?,25?/m1/s1. The predicted molar refractivity (Wildman–Crippen MR) is 153 cm³/mol. The summed E-state index contributed by atoms with van der Waals surface area (Å²) < 4.78 is 1.97. The zero-order valence-electron chi connectivity index (χ0n) is 22.8. The molecule has 3 aromatic rings. The molecule has 0 radical (unpaired) electrons. The average molecular weight is 540 g/mol. The highest BCUT2D eigenvalue weighted by Crippen LogP contribution is 2.59. The van der Waals surface area contributed by atoms with Crippen LogP contribution in [0.3, 0.4) is 0 Å². The average Bonchev–Trinajstić information content (AvgIpc) is 3.16. The molecule has 1 aromatic carbocycles. The molecule has 8 rings (SSSR count). The van der Waals surface area contributed by atoms with Crippen molar-refractivity contribution in [3.63, 3.8) is 0 Å². The van der Waals surface area contributed by atoms with E-state index in [1.807, 2.05) is 28.8 Å². The fourth-order valence-corrected chi connectivity index (χ4v) is 9.73. The summed E-state index contributed by atoms with van der Waals surface area (Å²) in [6.07, 6.45) is 14.2. The summed E-state index contributed by atoms with van der Waals surface area (Å²) in [6.45, 7) is 0. The van der Waals surface area contributed by atoms with E-state index in [4.69, 9.17) is 10.7 Å². The van der Waals surface area contributed by atoms with Gasteiger partial charge in [-0.3, -0.25) is 19.3 Å². The van der Waals surface area contributed by atoms with Crippen LogP contribution < -0.4 is 16.9 Å². The van der Waals surface area contributed by atoms with Crippen molar-refractivity contribution < 1.29 is 4.79 Å². The van der Waals surface area contributed by atoms with Crippen LogP contribution in [0.5, 0.6) is 0 Å². The predicted octanol–water partition coefficient (Wildman–Crippen LogP) is 4.23. The van der Waals surface area contributed by atoms with Gasteiger partial charge in [-0.1, -0.05) is 18.6 Å². The van der Waals surface area contributed by atoms with Gasteiger partial charge in [-0.2, -0.15) is 0 Å². The number of hydrogen-bond acceptors (Lipinski definition) is 5. The van der Waals surface area contributed by atoms with Crippen molar-refractivity contribution in [1.29, 1.82) is 0 Å². The summed E-state index contributed by atoms with van der Waals surface area (Å²) >= 11 is 0. The van der Waals surface area contributed by atoms with Gasteiger partial charge in [0.15, 0.2) is 0 Å². The van der Waals surface area contributed by atoms with Crippen LogP contribution in [0.1, 0.15) is 80.6 Å². The maximum absolute atomic E-state index is 14.2. The maximum Gasteiger partial charge on any atom is 0.277 e. The number of nitrogens with one attached hydrogen (secondary N) is 1. The molecule has 3 aliphatic carbocycles. The van der Waals surface area contributed by atoms with E-state index in [2.05, 4.69) is 9.88 Å². The van der Waals surface area contributed by atoms with Crippen molar-refractivity contribution in [1.82, 2.24) is 19.4 Å². The van der Waals surface area contributed by atoms with Gasteiger partial charge in [0.05, 0.1) is 11.0 Å². The summed E-state index contributed by atoms with van der Waals surface area (Å²) in [5, 5.41) is 0. The number of piperidine rings is 2. The Hall–Kier alpha value is -3.26. The minimum absolute atomic E-state index is 0.0828. The molecule has 4 heterocycles.